The summed E-state index contributed by atoms with van der Waals surface area (Å²) in [4.78, 5) is 35.0. The standard InChI is InChI=1S/C28H19ClN6O/c29-20-12-13-25(31-16-20)35-27(34-24-7-2-1-6-23(24)28(35)36)19-10-8-18(9-11-19)26-32-17-22(33-26)15-21-5-3-4-14-30-21/h1-14,16-17H,15H2,(H,32,33). The Morgan fingerprint density at radius 3 is 2.39 bits per heavy atom. The predicted octanol–water partition coefficient (Wildman–Crippen LogP) is 5.48. The monoisotopic (exact) mass is 490 g/mol. The van der Waals surface area contributed by atoms with Gasteiger partial charge in [0.2, 0.25) is 0 Å². The van der Waals surface area contributed by atoms with Crippen LogP contribution in [0, 0.1) is 0 Å². The summed E-state index contributed by atoms with van der Waals surface area (Å²) in [7, 11) is 0. The first kappa shape index (κ1) is 21.9. The van der Waals surface area contributed by atoms with Crippen molar-refractivity contribution in [3.8, 4) is 28.6 Å². The molecular formula is C28H19ClN6O. The molecule has 8 heteroatoms. The fourth-order valence-corrected chi connectivity index (χ4v) is 4.22. The maximum absolute atomic E-state index is 13.5. The quantitative estimate of drug-likeness (QED) is 0.346. The van der Waals surface area contributed by atoms with E-state index in [0.717, 1.165) is 28.3 Å². The van der Waals surface area contributed by atoms with Crippen molar-refractivity contribution < 1.29 is 0 Å². The number of aromatic amines is 1. The van der Waals surface area contributed by atoms with Gasteiger partial charge in [0.1, 0.15) is 17.5 Å². The first-order chi connectivity index (χ1) is 17.7. The molecule has 0 aliphatic carbocycles. The fraction of sp³-hybridized carbons (Fsp3) is 0.0357. The number of nitrogens with one attached hydrogen (secondary N) is 1. The average molecular weight is 491 g/mol. The summed E-state index contributed by atoms with van der Waals surface area (Å²) >= 11 is 6.04. The minimum absolute atomic E-state index is 0.195. The van der Waals surface area contributed by atoms with Crippen LogP contribution in [0.2, 0.25) is 5.02 Å². The van der Waals surface area contributed by atoms with Crippen molar-refractivity contribution in [2.24, 2.45) is 0 Å². The number of halogens is 1. The molecule has 1 N–H and O–H groups in total. The highest BCUT2D eigenvalue weighted by molar-refractivity contribution is 6.30. The molecule has 6 rings (SSSR count). The topological polar surface area (TPSA) is 89.4 Å². The number of hydrogen-bond donors (Lipinski definition) is 1. The lowest BCUT2D eigenvalue weighted by Gasteiger charge is -2.13. The predicted molar refractivity (Wildman–Crippen MR) is 140 cm³/mol. The van der Waals surface area contributed by atoms with Crippen LogP contribution in [0.3, 0.4) is 0 Å². The third-order valence-electron chi connectivity index (χ3n) is 5.86. The number of para-hydroxylation sites is 1. The zero-order chi connectivity index (χ0) is 24.5. The second-order valence-corrected chi connectivity index (χ2v) is 8.70. The zero-order valence-corrected chi connectivity index (χ0v) is 19.7. The number of pyridine rings is 2. The van der Waals surface area contributed by atoms with Crippen LogP contribution in [0.25, 0.3) is 39.5 Å². The molecule has 4 aromatic heterocycles. The smallest absolute Gasteiger partial charge is 0.267 e. The highest BCUT2D eigenvalue weighted by atomic mass is 35.5. The van der Waals surface area contributed by atoms with E-state index in [1.165, 1.54) is 10.8 Å². The van der Waals surface area contributed by atoms with E-state index >= 15 is 0 Å². The van der Waals surface area contributed by atoms with E-state index in [1.807, 2.05) is 66.9 Å². The Bertz CT molecular complexity index is 1730. The van der Waals surface area contributed by atoms with Gasteiger partial charge >= 0.3 is 0 Å². The first-order valence-corrected chi connectivity index (χ1v) is 11.7. The molecule has 0 radical (unpaired) electrons. The Kier molecular flexibility index (Phi) is 5.59. The van der Waals surface area contributed by atoms with E-state index < -0.39 is 0 Å². The van der Waals surface area contributed by atoms with E-state index in [2.05, 4.69) is 19.9 Å². The van der Waals surface area contributed by atoms with Gasteiger partial charge in [-0.05, 0) is 36.4 Å². The molecule has 0 saturated heterocycles. The molecule has 0 atom stereocenters. The van der Waals surface area contributed by atoms with Gasteiger partial charge in [-0.1, -0.05) is 54.1 Å². The highest BCUT2D eigenvalue weighted by Crippen LogP contribution is 2.25. The van der Waals surface area contributed by atoms with Crippen LogP contribution in [-0.2, 0) is 6.42 Å². The van der Waals surface area contributed by atoms with Crippen LogP contribution in [0.4, 0.5) is 0 Å². The molecule has 0 spiro atoms. The second kappa shape index (κ2) is 9.20. The van der Waals surface area contributed by atoms with Crippen molar-refractivity contribution in [2.45, 2.75) is 6.42 Å². The van der Waals surface area contributed by atoms with Crippen molar-refractivity contribution in [2.75, 3.05) is 0 Å². The minimum atomic E-state index is -0.195. The third kappa shape index (κ3) is 4.16. The molecule has 4 heterocycles. The zero-order valence-electron chi connectivity index (χ0n) is 19.0. The van der Waals surface area contributed by atoms with Gasteiger partial charge in [-0.3, -0.25) is 9.78 Å². The summed E-state index contributed by atoms with van der Waals surface area (Å²) in [5.41, 5.74) is 4.08. The van der Waals surface area contributed by atoms with Crippen LogP contribution in [-0.4, -0.2) is 29.5 Å². The van der Waals surface area contributed by atoms with Gasteiger partial charge in [0.25, 0.3) is 5.56 Å². The van der Waals surface area contributed by atoms with Crippen LogP contribution in [0.1, 0.15) is 11.4 Å². The number of imidazole rings is 1. The lowest BCUT2D eigenvalue weighted by molar-refractivity contribution is 0.932. The van der Waals surface area contributed by atoms with Crippen LogP contribution >= 0.6 is 11.6 Å². The van der Waals surface area contributed by atoms with Gasteiger partial charge in [-0.15, -0.1) is 0 Å². The first-order valence-electron chi connectivity index (χ1n) is 11.3. The molecule has 0 aliphatic heterocycles. The number of fused-ring (bicyclic) bond motifs is 1. The molecule has 7 nitrogen and oxygen atoms in total. The van der Waals surface area contributed by atoms with E-state index in [4.69, 9.17) is 16.6 Å². The number of hydrogen-bond acceptors (Lipinski definition) is 5. The van der Waals surface area contributed by atoms with Crippen LogP contribution in [0.15, 0.2) is 102 Å². The fourth-order valence-electron chi connectivity index (χ4n) is 4.11. The molecule has 0 unspecified atom stereocenters. The SMILES string of the molecule is O=c1c2ccccc2nc(-c2ccc(-c3ncc(Cc4ccccn4)[nH]3)cc2)n1-c1ccc(Cl)cn1. The van der Waals surface area contributed by atoms with Crippen molar-refractivity contribution in [1.29, 1.82) is 0 Å². The molecular weight excluding hydrogens is 472 g/mol. The van der Waals surface area contributed by atoms with Crippen LogP contribution in [0.5, 0.6) is 0 Å². The number of benzene rings is 2. The van der Waals surface area contributed by atoms with E-state index in [1.54, 1.807) is 24.4 Å². The molecule has 174 valence electrons. The Labute approximate surface area is 211 Å². The molecule has 0 aliphatic rings. The van der Waals surface area contributed by atoms with Gasteiger partial charge < -0.3 is 4.98 Å². The lowest BCUT2D eigenvalue weighted by Crippen LogP contribution is -2.22. The highest BCUT2D eigenvalue weighted by Gasteiger charge is 2.16. The van der Waals surface area contributed by atoms with Crippen molar-refractivity contribution in [3.63, 3.8) is 0 Å². The van der Waals surface area contributed by atoms with Gasteiger partial charge in [0, 0.05) is 47.5 Å². The number of nitrogens with zero attached hydrogens (tertiary/aromatic N) is 5. The summed E-state index contributed by atoms with van der Waals surface area (Å²) in [5.74, 6) is 1.71. The van der Waals surface area contributed by atoms with Gasteiger partial charge in [0.05, 0.1) is 15.9 Å². The maximum Gasteiger partial charge on any atom is 0.267 e. The van der Waals surface area contributed by atoms with Crippen molar-refractivity contribution in [3.05, 3.63) is 124 Å². The van der Waals surface area contributed by atoms with Gasteiger partial charge in [0.15, 0.2) is 0 Å². The maximum atomic E-state index is 13.5. The number of H-pyrrole nitrogens is 1. The number of rotatable bonds is 5. The van der Waals surface area contributed by atoms with E-state index in [9.17, 15) is 4.79 Å². The molecule has 2 aromatic carbocycles. The Balaban J connectivity index is 1.39. The Hall–Kier alpha value is -4.62. The third-order valence-corrected chi connectivity index (χ3v) is 6.08. The Morgan fingerprint density at radius 1 is 0.806 bits per heavy atom. The Morgan fingerprint density at radius 2 is 1.61 bits per heavy atom. The minimum Gasteiger partial charge on any atom is -0.342 e. The molecule has 0 fully saturated rings. The molecule has 36 heavy (non-hydrogen) atoms. The van der Waals surface area contributed by atoms with Crippen molar-refractivity contribution >= 4 is 22.5 Å². The number of aromatic nitrogens is 6. The van der Waals surface area contributed by atoms with Crippen LogP contribution < -0.4 is 5.56 Å². The molecule has 0 amide bonds. The van der Waals surface area contributed by atoms with Gasteiger partial charge in [-0.25, -0.2) is 19.5 Å². The molecule has 0 bridgehead atoms. The summed E-state index contributed by atoms with van der Waals surface area (Å²) in [6.07, 6.45) is 5.80. The molecule has 6 aromatic rings. The van der Waals surface area contributed by atoms with E-state index in [-0.39, 0.29) is 5.56 Å². The molecule has 0 saturated carbocycles. The summed E-state index contributed by atoms with van der Waals surface area (Å²) < 4.78 is 1.52. The lowest BCUT2D eigenvalue weighted by atomic mass is 10.1. The summed E-state index contributed by atoms with van der Waals surface area (Å²) in [5, 5.41) is 1.01. The van der Waals surface area contributed by atoms with Gasteiger partial charge in [-0.2, -0.15) is 0 Å². The van der Waals surface area contributed by atoms with Crippen molar-refractivity contribution in [1.82, 2.24) is 29.5 Å². The average Bonchev–Trinajstić information content (AvgIpc) is 3.38. The normalized spacial score (nSPS) is 11.1. The largest absolute Gasteiger partial charge is 0.342 e. The summed E-state index contributed by atoms with van der Waals surface area (Å²) in [6.45, 7) is 0. The summed E-state index contributed by atoms with van der Waals surface area (Å²) in [6, 6.07) is 24.3. The van der Waals surface area contributed by atoms with E-state index in [0.29, 0.717) is 34.0 Å². The second-order valence-electron chi connectivity index (χ2n) is 8.26.